The van der Waals surface area contributed by atoms with Crippen molar-refractivity contribution in [2.75, 3.05) is 6.54 Å². The smallest absolute Gasteiger partial charge is 0.387 e. The van der Waals surface area contributed by atoms with Crippen molar-refractivity contribution in [3.05, 3.63) is 29.8 Å². The largest absolute Gasteiger partial charge is 0.435 e. The van der Waals surface area contributed by atoms with Gasteiger partial charge in [-0.15, -0.1) is 0 Å². The summed E-state index contributed by atoms with van der Waals surface area (Å²) in [5.74, 6) is 0.809. The summed E-state index contributed by atoms with van der Waals surface area (Å²) in [6.07, 6.45) is 7.42. The van der Waals surface area contributed by atoms with Crippen molar-refractivity contribution < 1.29 is 18.3 Å². The lowest BCUT2D eigenvalue weighted by atomic mass is 9.87. The van der Waals surface area contributed by atoms with Gasteiger partial charge >= 0.3 is 6.61 Å². The van der Waals surface area contributed by atoms with Gasteiger partial charge in [0.1, 0.15) is 5.75 Å². The van der Waals surface area contributed by atoms with Crippen molar-refractivity contribution in [1.82, 2.24) is 5.32 Å². The van der Waals surface area contributed by atoms with Crippen LogP contribution in [0.25, 0.3) is 0 Å². The summed E-state index contributed by atoms with van der Waals surface area (Å²) in [6, 6.07) is 6.52. The van der Waals surface area contributed by atoms with Crippen LogP contribution < -0.4 is 10.1 Å². The van der Waals surface area contributed by atoms with Gasteiger partial charge in [0.15, 0.2) is 0 Å². The second-order valence-electron chi connectivity index (χ2n) is 5.83. The first-order valence-electron chi connectivity index (χ1n) is 7.94. The minimum atomic E-state index is -2.80. The first-order chi connectivity index (χ1) is 10.6. The van der Waals surface area contributed by atoms with Crippen molar-refractivity contribution in [2.45, 2.75) is 51.6 Å². The van der Waals surface area contributed by atoms with Crippen LogP contribution in [0.4, 0.5) is 8.78 Å². The number of ether oxygens (including phenoxy) is 1. The number of benzene rings is 1. The van der Waals surface area contributed by atoms with E-state index in [9.17, 15) is 13.6 Å². The Kier molecular flexibility index (Phi) is 6.62. The molecule has 0 atom stereocenters. The summed E-state index contributed by atoms with van der Waals surface area (Å²) in [4.78, 5) is 11.9. The Morgan fingerprint density at radius 1 is 1.18 bits per heavy atom. The fourth-order valence-electron chi connectivity index (χ4n) is 2.91. The summed E-state index contributed by atoms with van der Waals surface area (Å²) in [5, 5.41) is 2.94. The van der Waals surface area contributed by atoms with E-state index in [2.05, 4.69) is 10.1 Å². The number of alkyl halides is 2. The van der Waals surface area contributed by atoms with Crippen LogP contribution in [-0.4, -0.2) is 19.1 Å². The molecule has 22 heavy (non-hydrogen) atoms. The molecule has 0 saturated heterocycles. The molecule has 0 spiro atoms. The molecule has 0 bridgehead atoms. The van der Waals surface area contributed by atoms with Crippen LogP contribution in [0.5, 0.6) is 5.75 Å². The van der Waals surface area contributed by atoms with E-state index in [0.29, 0.717) is 25.3 Å². The lowest BCUT2D eigenvalue weighted by Crippen LogP contribution is -2.28. The average molecular weight is 311 g/mol. The molecule has 0 unspecified atom stereocenters. The maximum Gasteiger partial charge on any atom is 0.387 e. The molecule has 1 aromatic carbocycles. The highest BCUT2D eigenvalue weighted by atomic mass is 19.3. The number of rotatable bonds is 7. The van der Waals surface area contributed by atoms with Crippen LogP contribution >= 0.6 is 0 Å². The van der Waals surface area contributed by atoms with Gasteiger partial charge in [-0.2, -0.15) is 8.78 Å². The number of carbonyl (C=O) groups is 1. The van der Waals surface area contributed by atoms with Gasteiger partial charge in [0, 0.05) is 13.0 Å². The normalized spacial score (nSPS) is 15.8. The van der Waals surface area contributed by atoms with Crippen molar-refractivity contribution >= 4 is 5.91 Å². The van der Waals surface area contributed by atoms with Crippen LogP contribution in [0.15, 0.2) is 24.3 Å². The molecule has 0 aromatic heterocycles. The standard InChI is InChI=1S/C17H23F2NO2/c18-17(19)22-15-8-6-13(7-9-15)10-11-20-16(21)12-14-4-2-1-3-5-14/h6-9,14,17H,1-5,10-12H2,(H,20,21). The van der Waals surface area contributed by atoms with Gasteiger partial charge in [0.05, 0.1) is 0 Å². The van der Waals surface area contributed by atoms with Gasteiger partial charge in [0.2, 0.25) is 5.91 Å². The van der Waals surface area contributed by atoms with E-state index in [0.717, 1.165) is 5.56 Å². The Balaban J connectivity index is 1.66. The zero-order chi connectivity index (χ0) is 15.8. The van der Waals surface area contributed by atoms with E-state index in [1.165, 1.54) is 44.2 Å². The average Bonchev–Trinajstić information content (AvgIpc) is 2.49. The molecule has 0 aliphatic heterocycles. The summed E-state index contributed by atoms with van der Waals surface area (Å²) in [5.41, 5.74) is 0.986. The Morgan fingerprint density at radius 3 is 2.50 bits per heavy atom. The van der Waals surface area contributed by atoms with E-state index in [1.807, 2.05) is 0 Å². The molecule has 1 aliphatic rings. The molecule has 2 rings (SSSR count). The molecule has 1 fully saturated rings. The first-order valence-corrected chi connectivity index (χ1v) is 7.94. The summed E-state index contributed by atoms with van der Waals surface area (Å²) >= 11 is 0. The number of hydrogen-bond donors (Lipinski definition) is 1. The topological polar surface area (TPSA) is 38.3 Å². The lowest BCUT2D eigenvalue weighted by molar-refractivity contribution is -0.122. The van der Waals surface area contributed by atoms with Crippen molar-refractivity contribution in [3.8, 4) is 5.75 Å². The molecule has 1 aliphatic carbocycles. The van der Waals surface area contributed by atoms with Gasteiger partial charge in [-0.1, -0.05) is 31.4 Å². The molecule has 5 heteroatoms. The van der Waals surface area contributed by atoms with Crippen molar-refractivity contribution in [3.63, 3.8) is 0 Å². The minimum absolute atomic E-state index is 0.115. The van der Waals surface area contributed by atoms with Gasteiger partial charge in [-0.05, 0) is 42.9 Å². The molecule has 1 N–H and O–H groups in total. The van der Waals surface area contributed by atoms with Crippen LogP contribution in [0.3, 0.4) is 0 Å². The summed E-state index contributed by atoms with van der Waals surface area (Å²) in [6.45, 7) is -2.23. The molecule has 1 aromatic rings. The molecule has 122 valence electrons. The van der Waals surface area contributed by atoms with Crippen LogP contribution in [0.2, 0.25) is 0 Å². The summed E-state index contributed by atoms with van der Waals surface area (Å²) < 4.78 is 28.4. The predicted octanol–water partition coefficient (Wildman–Crippen LogP) is 3.92. The highest BCUT2D eigenvalue weighted by Crippen LogP contribution is 2.26. The molecule has 1 amide bonds. The van der Waals surface area contributed by atoms with E-state index in [4.69, 9.17) is 0 Å². The van der Waals surface area contributed by atoms with Crippen LogP contribution in [0.1, 0.15) is 44.1 Å². The Bertz CT molecular complexity index is 456. The molecule has 1 saturated carbocycles. The highest BCUT2D eigenvalue weighted by Gasteiger charge is 2.16. The van der Waals surface area contributed by atoms with Crippen LogP contribution in [-0.2, 0) is 11.2 Å². The monoisotopic (exact) mass is 311 g/mol. The maximum absolute atomic E-state index is 12.0. The predicted molar refractivity (Wildman–Crippen MR) is 81.0 cm³/mol. The number of halogens is 2. The molecule has 0 heterocycles. The molecular formula is C17H23F2NO2. The van der Waals surface area contributed by atoms with Crippen molar-refractivity contribution in [1.29, 1.82) is 0 Å². The van der Waals surface area contributed by atoms with Gasteiger partial charge in [-0.25, -0.2) is 0 Å². The minimum Gasteiger partial charge on any atom is -0.435 e. The number of hydrogen-bond acceptors (Lipinski definition) is 2. The van der Waals surface area contributed by atoms with E-state index in [-0.39, 0.29) is 11.7 Å². The van der Waals surface area contributed by atoms with Crippen molar-refractivity contribution in [2.24, 2.45) is 5.92 Å². The number of amides is 1. The fourth-order valence-corrected chi connectivity index (χ4v) is 2.91. The Labute approximate surface area is 130 Å². The van der Waals surface area contributed by atoms with E-state index in [1.54, 1.807) is 12.1 Å². The van der Waals surface area contributed by atoms with E-state index >= 15 is 0 Å². The zero-order valence-corrected chi connectivity index (χ0v) is 12.7. The maximum atomic E-state index is 12.0. The number of carbonyl (C=O) groups excluding carboxylic acids is 1. The molecular weight excluding hydrogens is 288 g/mol. The van der Waals surface area contributed by atoms with Gasteiger partial charge in [0.25, 0.3) is 0 Å². The van der Waals surface area contributed by atoms with Crippen LogP contribution in [0, 0.1) is 5.92 Å². The quantitative estimate of drug-likeness (QED) is 0.829. The zero-order valence-electron chi connectivity index (χ0n) is 12.7. The van der Waals surface area contributed by atoms with E-state index < -0.39 is 6.61 Å². The Morgan fingerprint density at radius 2 is 1.86 bits per heavy atom. The third kappa shape index (κ3) is 6.00. The molecule has 0 radical (unpaired) electrons. The Hall–Kier alpha value is -1.65. The number of nitrogens with one attached hydrogen (secondary N) is 1. The van der Waals surface area contributed by atoms with Gasteiger partial charge in [-0.3, -0.25) is 4.79 Å². The second kappa shape index (κ2) is 8.71. The lowest BCUT2D eigenvalue weighted by Gasteiger charge is -2.20. The second-order valence-corrected chi connectivity index (χ2v) is 5.83. The summed E-state index contributed by atoms with van der Waals surface area (Å²) in [7, 11) is 0. The third-order valence-electron chi connectivity index (χ3n) is 4.08. The molecule has 3 nitrogen and oxygen atoms in total. The SMILES string of the molecule is O=C(CC1CCCCC1)NCCc1ccc(OC(F)F)cc1. The third-order valence-corrected chi connectivity index (χ3v) is 4.08. The first kappa shape index (κ1) is 16.7. The fraction of sp³-hybridized carbons (Fsp3) is 0.588. The highest BCUT2D eigenvalue weighted by molar-refractivity contribution is 5.76. The van der Waals surface area contributed by atoms with Gasteiger partial charge < -0.3 is 10.1 Å².